The van der Waals surface area contributed by atoms with Crippen molar-refractivity contribution in [3.8, 4) is 0 Å². The van der Waals surface area contributed by atoms with Gasteiger partial charge in [0.05, 0.1) is 22.7 Å². The molecule has 2 saturated heterocycles. The summed E-state index contributed by atoms with van der Waals surface area (Å²) in [4.78, 5) is 19.7. The largest absolute Gasteiger partial charge is 0.390 e. The first-order valence-corrected chi connectivity index (χ1v) is 7.56. The Morgan fingerprint density at radius 3 is 2.71 bits per heavy atom. The van der Waals surface area contributed by atoms with E-state index >= 15 is 0 Å². The van der Waals surface area contributed by atoms with Gasteiger partial charge in [-0.3, -0.25) is 9.69 Å². The van der Waals surface area contributed by atoms with Gasteiger partial charge < -0.3 is 15.7 Å². The van der Waals surface area contributed by atoms with Crippen molar-refractivity contribution in [3.63, 3.8) is 0 Å². The SMILES string of the molecule is NC(=O)c1cnc(N2C[C@@H](N3CCCC3)[C@@H](O)C2)c(Cl)c1. The zero-order valence-electron chi connectivity index (χ0n) is 11.7. The average Bonchev–Trinajstić information content (AvgIpc) is 3.07. The summed E-state index contributed by atoms with van der Waals surface area (Å²) in [5, 5.41) is 10.7. The van der Waals surface area contributed by atoms with Crippen LogP contribution in [0.1, 0.15) is 23.2 Å². The van der Waals surface area contributed by atoms with E-state index in [-0.39, 0.29) is 6.04 Å². The van der Waals surface area contributed by atoms with Gasteiger partial charge in [-0.25, -0.2) is 4.98 Å². The lowest BCUT2D eigenvalue weighted by Crippen LogP contribution is -2.41. The summed E-state index contributed by atoms with van der Waals surface area (Å²) >= 11 is 6.20. The normalized spacial score (nSPS) is 26.5. The average molecular weight is 311 g/mol. The number of pyridine rings is 1. The molecule has 3 N–H and O–H groups in total. The van der Waals surface area contributed by atoms with Gasteiger partial charge in [-0.2, -0.15) is 0 Å². The highest BCUT2D eigenvalue weighted by Gasteiger charge is 2.37. The van der Waals surface area contributed by atoms with Crippen molar-refractivity contribution >= 4 is 23.3 Å². The minimum Gasteiger partial charge on any atom is -0.390 e. The second kappa shape index (κ2) is 5.79. The maximum absolute atomic E-state index is 11.1. The molecule has 3 heterocycles. The molecule has 1 aromatic heterocycles. The van der Waals surface area contributed by atoms with Crippen LogP contribution in [0.4, 0.5) is 5.82 Å². The number of nitrogens with two attached hydrogens (primary N) is 1. The van der Waals surface area contributed by atoms with Crippen LogP contribution in [0.15, 0.2) is 12.3 Å². The third-order valence-corrected chi connectivity index (χ3v) is 4.55. The summed E-state index contributed by atoms with van der Waals surface area (Å²) in [5.41, 5.74) is 5.51. The summed E-state index contributed by atoms with van der Waals surface area (Å²) in [6.45, 7) is 3.28. The molecule has 114 valence electrons. The van der Waals surface area contributed by atoms with E-state index in [1.165, 1.54) is 25.1 Å². The Kier molecular flexibility index (Phi) is 4.01. The fourth-order valence-corrected chi connectivity index (χ4v) is 3.46. The number of halogens is 1. The Labute approximate surface area is 128 Å². The number of β-amino-alcohol motifs (C(OH)–C–C–N with tert-alkyl or cyclic N) is 1. The lowest BCUT2D eigenvalue weighted by Gasteiger charge is -2.25. The number of nitrogens with zero attached hydrogens (tertiary/aromatic N) is 3. The molecule has 7 heteroatoms. The number of carbonyl (C=O) groups is 1. The zero-order valence-corrected chi connectivity index (χ0v) is 12.5. The van der Waals surface area contributed by atoms with Gasteiger partial charge in [0.1, 0.15) is 5.82 Å². The molecule has 3 rings (SSSR count). The molecule has 2 aliphatic heterocycles. The molecule has 0 bridgehead atoms. The van der Waals surface area contributed by atoms with Crippen LogP contribution in [-0.2, 0) is 0 Å². The molecule has 0 radical (unpaired) electrons. The number of primary amides is 1. The summed E-state index contributed by atoms with van der Waals surface area (Å²) in [7, 11) is 0. The Morgan fingerprint density at radius 2 is 2.10 bits per heavy atom. The minimum absolute atomic E-state index is 0.126. The molecule has 2 aliphatic rings. The molecule has 21 heavy (non-hydrogen) atoms. The van der Waals surface area contributed by atoms with Crippen molar-refractivity contribution in [1.82, 2.24) is 9.88 Å². The zero-order chi connectivity index (χ0) is 15.0. The molecular formula is C14H19ClN4O2. The number of aliphatic hydroxyl groups excluding tert-OH is 1. The van der Waals surface area contributed by atoms with Gasteiger partial charge in [-0.15, -0.1) is 0 Å². The third kappa shape index (κ3) is 2.84. The van der Waals surface area contributed by atoms with E-state index in [4.69, 9.17) is 17.3 Å². The quantitative estimate of drug-likeness (QED) is 0.848. The van der Waals surface area contributed by atoms with Crippen molar-refractivity contribution in [1.29, 1.82) is 0 Å². The number of amides is 1. The Bertz CT molecular complexity index is 548. The second-order valence-electron chi connectivity index (χ2n) is 5.68. The van der Waals surface area contributed by atoms with Crippen molar-refractivity contribution in [2.75, 3.05) is 31.1 Å². The smallest absolute Gasteiger partial charge is 0.250 e. The Hall–Kier alpha value is -1.37. The Morgan fingerprint density at radius 1 is 1.38 bits per heavy atom. The first kappa shape index (κ1) is 14.6. The molecule has 0 aromatic carbocycles. The number of rotatable bonds is 3. The number of aliphatic hydroxyl groups is 1. The van der Waals surface area contributed by atoms with Crippen molar-refractivity contribution in [2.45, 2.75) is 25.0 Å². The number of hydrogen-bond donors (Lipinski definition) is 2. The molecule has 1 aromatic rings. The van der Waals surface area contributed by atoms with Crippen LogP contribution in [0, 0.1) is 0 Å². The Balaban J connectivity index is 1.77. The highest BCUT2D eigenvalue weighted by molar-refractivity contribution is 6.33. The van der Waals surface area contributed by atoms with Gasteiger partial charge in [-0.1, -0.05) is 11.6 Å². The van der Waals surface area contributed by atoms with Crippen molar-refractivity contribution in [2.24, 2.45) is 5.73 Å². The maximum atomic E-state index is 11.1. The van der Waals surface area contributed by atoms with Gasteiger partial charge >= 0.3 is 0 Å². The minimum atomic E-state index is -0.549. The monoisotopic (exact) mass is 310 g/mol. The number of carbonyl (C=O) groups excluding carboxylic acids is 1. The van der Waals surface area contributed by atoms with Gasteiger partial charge in [0.15, 0.2) is 0 Å². The van der Waals surface area contributed by atoms with Crippen LogP contribution in [-0.4, -0.2) is 59.2 Å². The van der Waals surface area contributed by atoms with E-state index in [1.54, 1.807) is 0 Å². The van der Waals surface area contributed by atoms with Gasteiger partial charge in [0.25, 0.3) is 0 Å². The van der Waals surface area contributed by atoms with E-state index < -0.39 is 12.0 Å². The van der Waals surface area contributed by atoms with Gasteiger partial charge in [-0.05, 0) is 32.0 Å². The predicted molar refractivity (Wildman–Crippen MR) is 80.6 cm³/mol. The van der Waals surface area contributed by atoms with E-state index in [2.05, 4.69) is 9.88 Å². The highest BCUT2D eigenvalue weighted by Crippen LogP contribution is 2.29. The second-order valence-corrected chi connectivity index (χ2v) is 6.08. The number of hydrogen-bond acceptors (Lipinski definition) is 5. The molecule has 0 saturated carbocycles. The first-order valence-electron chi connectivity index (χ1n) is 7.18. The topological polar surface area (TPSA) is 82.7 Å². The predicted octanol–water partition coefficient (Wildman–Crippen LogP) is 0.479. The fourth-order valence-electron chi connectivity index (χ4n) is 3.17. The highest BCUT2D eigenvalue weighted by atomic mass is 35.5. The first-order chi connectivity index (χ1) is 10.1. The van der Waals surface area contributed by atoms with Gasteiger partial charge in [0.2, 0.25) is 5.91 Å². The van der Waals surface area contributed by atoms with Gasteiger partial charge in [0, 0.05) is 19.3 Å². The molecule has 1 amide bonds. The number of aromatic nitrogens is 1. The lowest BCUT2D eigenvalue weighted by atomic mass is 10.2. The number of likely N-dealkylation sites (tertiary alicyclic amines) is 1. The van der Waals surface area contributed by atoms with Crippen LogP contribution >= 0.6 is 11.6 Å². The molecule has 0 aliphatic carbocycles. The lowest BCUT2D eigenvalue weighted by molar-refractivity contribution is 0.0985. The molecule has 2 atom stereocenters. The van der Waals surface area contributed by atoms with E-state index in [9.17, 15) is 9.90 Å². The molecular weight excluding hydrogens is 292 g/mol. The van der Waals surface area contributed by atoms with Crippen molar-refractivity contribution < 1.29 is 9.90 Å². The standard InChI is InChI=1S/C14H19ClN4O2/c15-10-5-9(13(16)21)6-17-14(10)19-7-11(12(20)8-19)18-3-1-2-4-18/h5-6,11-12,20H,1-4,7-8H2,(H2,16,21)/t11-,12+/m1/s1. The summed E-state index contributed by atoms with van der Waals surface area (Å²) in [6, 6.07) is 1.66. The van der Waals surface area contributed by atoms with Crippen LogP contribution in [0.25, 0.3) is 0 Å². The van der Waals surface area contributed by atoms with Crippen LogP contribution in [0.3, 0.4) is 0 Å². The number of anilines is 1. The molecule has 6 nitrogen and oxygen atoms in total. The molecule has 2 fully saturated rings. The van der Waals surface area contributed by atoms with Crippen LogP contribution < -0.4 is 10.6 Å². The van der Waals surface area contributed by atoms with Crippen LogP contribution in [0.2, 0.25) is 5.02 Å². The van der Waals surface area contributed by atoms with Crippen LogP contribution in [0.5, 0.6) is 0 Å². The van der Waals surface area contributed by atoms with Crippen molar-refractivity contribution in [3.05, 3.63) is 22.8 Å². The van der Waals surface area contributed by atoms with E-state index in [0.717, 1.165) is 13.1 Å². The fraction of sp³-hybridized carbons (Fsp3) is 0.571. The van der Waals surface area contributed by atoms with E-state index in [1.807, 2.05) is 4.90 Å². The summed E-state index contributed by atoms with van der Waals surface area (Å²) in [5.74, 6) is 0.0507. The van der Waals surface area contributed by atoms with E-state index in [0.29, 0.717) is 29.5 Å². The summed E-state index contributed by atoms with van der Waals surface area (Å²) in [6.07, 6.45) is 3.40. The molecule has 0 spiro atoms. The molecule has 0 unspecified atom stereocenters. The maximum Gasteiger partial charge on any atom is 0.250 e. The third-order valence-electron chi connectivity index (χ3n) is 4.27. The summed E-state index contributed by atoms with van der Waals surface area (Å²) < 4.78 is 0.